The van der Waals surface area contributed by atoms with E-state index in [1.54, 1.807) is 0 Å². The van der Waals surface area contributed by atoms with Crippen LogP contribution in [-0.2, 0) is 17.6 Å². The first-order valence-electron chi connectivity index (χ1n) is 8.48. The summed E-state index contributed by atoms with van der Waals surface area (Å²) < 4.78 is 5.31. The number of hydrogen-bond acceptors (Lipinski definition) is 3. The molecule has 1 unspecified atom stereocenters. The van der Waals surface area contributed by atoms with Crippen molar-refractivity contribution >= 4 is 16.9 Å². The van der Waals surface area contributed by atoms with Crippen LogP contribution in [0.5, 0.6) is 0 Å². The Bertz CT molecular complexity index is 841. The van der Waals surface area contributed by atoms with Gasteiger partial charge in [-0.2, -0.15) is 0 Å². The molecule has 1 aliphatic rings. The van der Waals surface area contributed by atoms with Crippen LogP contribution in [0, 0.1) is 0 Å². The normalized spacial score (nSPS) is 17.5. The average molecular weight is 320 g/mol. The zero-order chi connectivity index (χ0) is 16.4. The lowest BCUT2D eigenvalue weighted by molar-refractivity contribution is -0.131. The van der Waals surface area contributed by atoms with Gasteiger partial charge < -0.3 is 9.42 Å². The number of benzene rings is 2. The largest absolute Gasteiger partial charge is 0.356 e. The summed E-state index contributed by atoms with van der Waals surface area (Å²) in [5.74, 6) is 0.146. The molecule has 0 radical (unpaired) electrons. The number of rotatable bonds is 4. The fourth-order valence-corrected chi connectivity index (χ4v) is 3.57. The third kappa shape index (κ3) is 2.92. The minimum absolute atomic E-state index is 0.146. The van der Waals surface area contributed by atoms with Gasteiger partial charge in [0, 0.05) is 18.0 Å². The summed E-state index contributed by atoms with van der Waals surface area (Å²) in [4.78, 5) is 14.8. The first kappa shape index (κ1) is 14.9. The summed E-state index contributed by atoms with van der Waals surface area (Å²) in [5.41, 5.74) is 2.76. The van der Waals surface area contributed by atoms with E-state index in [1.165, 1.54) is 5.56 Å². The molecule has 1 aliphatic heterocycles. The maximum absolute atomic E-state index is 12.8. The molecule has 2 heterocycles. The maximum Gasteiger partial charge on any atom is 0.229 e. The van der Waals surface area contributed by atoms with Crippen molar-refractivity contribution in [2.24, 2.45) is 0 Å². The van der Waals surface area contributed by atoms with Crippen molar-refractivity contribution in [3.05, 3.63) is 65.9 Å². The third-order valence-electron chi connectivity index (χ3n) is 4.78. The van der Waals surface area contributed by atoms with Crippen molar-refractivity contribution in [2.75, 3.05) is 6.54 Å². The molecule has 0 saturated carbocycles. The second kappa shape index (κ2) is 6.48. The zero-order valence-corrected chi connectivity index (χ0v) is 13.5. The standard InChI is InChI=1S/C20H20N2O2/c23-20(14-18-17-10-4-5-11-19(17)24-21-18)22-12-6-9-16(22)13-15-7-2-1-3-8-15/h1-5,7-8,10-11,16H,6,9,12-14H2. The Kier molecular flexibility index (Phi) is 4.03. The predicted molar refractivity (Wildman–Crippen MR) is 92.6 cm³/mol. The van der Waals surface area contributed by atoms with E-state index in [-0.39, 0.29) is 11.9 Å². The molecule has 1 fully saturated rings. The number of hydrogen-bond donors (Lipinski definition) is 0. The number of fused-ring (bicyclic) bond motifs is 1. The van der Waals surface area contributed by atoms with Crippen LogP contribution in [0.2, 0.25) is 0 Å². The van der Waals surface area contributed by atoms with E-state index in [0.29, 0.717) is 6.42 Å². The molecule has 0 spiro atoms. The van der Waals surface area contributed by atoms with Gasteiger partial charge in [0.25, 0.3) is 0 Å². The highest BCUT2D eigenvalue weighted by Crippen LogP contribution is 2.24. The molecule has 4 nitrogen and oxygen atoms in total. The number of nitrogens with zero attached hydrogens (tertiary/aromatic N) is 2. The van der Waals surface area contributed by atoms with Crippen molar-refractivity contribution in [1.82, 2.24) is 10.1 Å². The van der Waals surface area contributed by atoms with Crippen LogP contribution in [0.4, 0.5) is 0 Å². The van der Waals surface area contributed by atoms with Crippen molar-refractivity contribution in [1.29, 1.82) is 0 Å². The summed E-state index contributed by atoms with van der Waals surface area (Å²) in [6.45, 7) is 0.839. The van der Waals surface area contributed by atoms with Crippen molar-refractivity contribution in [3.63, 3.8) is 0 Å². The first-order chi connectivity index (χ1) is 11.8. The van der Waals surface area contributed by atoms with Crippen LogP contribution in [0.3, 0.4) is 0 Å². The van der Waals surface area contributed by atoms with E-state index >= 15 is 0 Å². The number of likely N-dealkylation sites (tertiary alicyclic amines) is 1. The second-order valence-corrected chi connectivity index (χ2v) is 6.38. The third-order valence-corrected chi connectivity index (χ3v) is 4.78. The summed E-state index contributed by atoms with van der Waals surface area (Å²) in [7, 11) is 0. The van der Waals surface area contributed by atoms with E-state index in [4.69, 9.17) is 4.52 Å². The Morgan fingerprint density at radius 3 is 2.79 bits per heavy atom. The molecule has 4 rings (SSSR count). The SMILES string of the molecule is O=C(Cc1noc2ccccc12)N1CCCC1Cc1ccccc1. The van der Waals surface area contributed by atoms with Crippen molar-refractivity contribution < 1.29 is 9.32 Å². The molecule has 2 aromatic carbocycles. The van der Waals surface area contributed by atoms with Gasteiger partial charge in [0.15, 0.2) is 5.58 Å². The van der Waals surface area contributed by atoms with Gasteiger partial charge >= 0.3 is 0 Å². The molecule has 0 N–H and O–H groups in total. The molecule has 4 heteroatoms. The Labute approximate surface area is 141 Å². The van der Waals surface area contributed by atoms with Crippen LogP contribution in [-0.4, -0.2) is 28.6 Å². The van der Waals surface area contributed by atoms with E-state index in [0.717, 1.165) is 42.5 Å². The van der Waals surface area contributed by atoms with Gasteiger partial charge in [-0.15, -0.1) is 0 Å². The van der Waals surface area contributed by atoms with Crippen LogP contribution in [0.1, 0.15) is 24.1 Å². The Morgan fingerprint density at radius 1 is 1.12 bits per heavy atom. The first-order valence-corrected chi connectivity index (χ1v) is 8.48. The Hall–Kier alpha value is -2.62. The molecule has 1 saturated heterocycles. The molecule has 0 bridgehead atoms. The smallest absolute Gasteiger partial charge is 0.229 e. The van der Waals surface area contributed by atoms with E-state index in [1.807, 2.05) is 35.2 Å². The van der Waals surface area contributed by atoms with Crippen molar-refractivity contribution in [3.8, 4) is 0 Å². The lowest BCUT2D eigenvalue weighted by atomic mass is 10.0. The predicted octanol–water partition coefficient (Wildman–Crippen LogP) is 3.60. The van der Waals surface area contributed by atoms with Crippen molar-refractivity contribution in [2.45, 2.75) is 31.7 Å². The monoisotopic (exact) mass is 320 g/mol. The minimum Gasteiger partial charge on any atom is -0.356 e. The quantitative estimate of drug-likeness (QED) is 0.738. The maximum atomic E-state index is 12.8. The van der Waals surface area contributed by atoms with Gasteiger partial charge in [-0.1, -0.05) is 47.6 Å². The fraction of sp³-hybridized carbons (Fsp3) is 0.300. The molecule has 1 atom stereocenters. The summed E-state index contributed by atoms with van der Waals surface area (Å²) in [6.07, 6.45) is 3.37. The van der Waals surface area contributed by atoms with Crippen LogP contribution in [0.25, 0.3) is 11.0 Å². The Morgan fingerprint density at radius 2 is 1.92 bits per heavy atom. The minimum atomic E-state index is 0.146. The molecule has 24 heavy (non-hydrogen) atoms. The highest BCUT2D eigenvalue weighted by atomic mass is 16.5. The Balaban J connectivity index is 1.49. The number of aromatic nitrogens is 1. The van der Waals surface area contributed by atoms with Gasteiger partial charge in [-0.3, -0.25) is 4.79 Å². The van der Waals surface area contributed by atoms with Crippen LogP contribution < -0.4 is 0 Å². The average Bonchev–Trinajstić information content (AvgIpc) is 3.23. The fourth-order valence-electron chi connectivity index (χ4n) is 3.57. The van der Waals surface area contributed by atoms with Gasteiger partial charge in [0.05, 0.1) is 6.42 Å². The number of carbonyl (C=O) groups excluding carboxylic acids is 1. The zero-order valence-electron chi connectivity index (χ0n) is 13.5. The van der Waals surface area contributed by atoms with Gasteiger partial charge in [0.1, 0.15) is 5.69 Å². The van der Waals surface area contributed by atoms with Gasteiger partial charge in [-0.05, 0) is 37.0 Å². The molecule has 0 aliphatic carbocycles. The molecule has 1 amide bonds. The molecular formula is C20H20N2O2. The second-order valence-electron chi connectivity index (χ2n) is 6.38. The number of para-hydroxylation sites is 1. The summed E-state index contributed by atoms with van der Waals surface area (Å²) in [5, 5.41) is 5.03. The lowest BCUT2D eigenvalue weighted by Crippen LogP contribution is -2.37. The molecule has 3 aromatic rings. The highest BCUT2D eigenvalue weighted by Gasteiger charge is 2.29. The summed E-state index contributed by atoms with van der Waals surface area (Å²) in [6, 6.07) is 18.4. The molecule has 1 aromatic heterocycles. The number of amides is 1. The lowest BCUT2D eigenvalue weighted by Gasteiger charge is -2.24. The van der Waals surface area contributed by atoms with E-state index < -0.39 is 0 Å². The van der Waals surface area contributed by atoms with Crippen LogP contribution in [0.15, 0.2) is 59.1 Å². The van der Waals surface area contributed by atoms with Gasteiger partial charge in [-0.25, -0.2) is 0 Å². The molecular weight excluding hydrogens is 300 g/mol. The van der Waals surface area contributed by atoms with Crippen LogP contribution >= 0.6 is 0 Å². The highest BCUT2D eigenvalue weighted by molar-refractivity contribution is 5.86. The summed E-state index contributed by atoms with van der Waals surface area (Å²) >= 11 is 0. The number of carbonyl (C=O) groups is 1. The topological polar surface area (TPSA) is 46.3 Å². The van der Waals surface area contributed by atoms with Gasteiger partial charge in [0.2, 0.25) is 5.91 Å². The molecule has 122 valence electrons. The van der Waals surface area contributed by atoms with E-state index in [2.05, 4.69) is 29.4 Å². The van der Waals surface area contributed by atoms with E-state index in [9.17, 15) is 4.79 Å².